The number of nitrogens with zero attached hydrogens (tertiary/aromatic N) is 3. The summed E-state index contributed by atoms with van der Waals surface area (Å²) in [4.78, 5) is 14.7. The van der Waals surface area contributed by atoms with Crippen LogP contribution >= 0.6 is 0 Å². The molecular formula is C22H25N5O3. The van der Waals surface area contributed by atoms with Crippen LogP contribution in [0.3, 0.4) is 0 Å². The molecule has 8 heteroatoms. The number of carbonyl (C=O) groups is 1. The van der Waals surface area contributed by atoms with Crippen LogP contribution in [-0.4, -0.2) is 51.8 Å². The van der Waals surface area contributed by atoms with E-state index in [0.717, 1.165) is 19.5 Å². The highest BCUT2D eigenvalue weighted by Gasteiger charge is 2.18. The number of hydrogen-bond donors (Lipinski definition) is 3. The van der Waals surface area contributed by atoms with E-state index in [4.69, 9.17) is 10.2 Å². The first-order valence-corrected chi connectivity index (χ1v) is 10.0. The molecule has 0 spiro atoms. The number of aromatic nitrogens is 2. The maximum absolute atomic E-state index is 12.4. The monoisotopic (exact) mass is 407 g/mol. The zero-order valence-corrected chi connectivity index (χ0v) is 16.6. The van der Waals surface area contributed by atoms with Gasteiger partial charge in [-0.3, -0.25) is 9.69 Å². The maximum Gasteiger partial charge on any atom is 0.313 e. The Labute approximate surface area is 174 Å². The smallest absolute Gasteiger partial charge is 0.313 e. The molecule has 30 heavy (non-hydrogen) atoms. The molecule has 4 N–H and O–H groups in total. The summed E-state index contributed by atoms with van der Waals surface area (Å²) in [5.41, 5.74) is 9.27. The number of aliphatic hydroxyl groups excluding tert-OH is 1. The van der Waals surface area contributed by atoms with E-state index < -0.39 is 6.10 Å². The fourth-order valence-electron chi connectivity index (χ4n) is 3.70. The number of anilines is 1. The lowest BCUT2D eigenvalue weighted by Crippen LogP contribution is -2.38. The summed E-state index contributed by atoms with van der Waals surface area (Å²) in [6.07, 6.45) is 0.995. The third-order valence-electron chi connectivity index (χ3n) is 5.25. The molecule has 156 valence electrons. The molecule has 0 saturated heterocycles. The molecule has 1 atom stereocenters. The zero-order chi connectivity index (χ0) is 20.9. The number of β-amino-alcohol motifs (C(OH)–C–C–N with tert-alkyl or cyclic N) is 1. The first-order chi connectivity index (χ1) is 14.6. The van der Waals surface area contributed by atoms with E-state index in [-0.39, 0.29) is 17.8 Å². The van der Waals surface area contributed by atoms with Gasteiger partial charge in [0.05, 0.1) is 6.10 Å². The van der Waals surface area contributed by atoms with Gasteiger partial charge >= 0.3 is 6.01 Å². The van der Waals surface area contributed by atoms with Crippen molar-refractivity contribution in [3.8, 4) is 11.5 Å². The molecule has 1 unspecified atom stereocenters. The van der Waals surface area contributed by atoms with Gasteiger partial charge in [-0.1, -0.05) is 35.4 Å². The Hall–Kier alpha value is -3.23. The molecule has 0 radical (unpaired) electrons. The van der Waals surface area contributed by atoms with Crippen molar-refractivity contribution in [3.63, 3.8) is 0 Å². The fourth-order valence-corrected chi connectivity index (χ4v) is 3.70. The molecule has 0 saturated carbocycles. The molecule has 0 bridgehead atoms. The van der Waals surface area contributed by atoms with Crippen molar-refractivity contribution in [2.45, 2.75) is 25.5 Å². The Morgan fingerprint density at radius 2 is 2.03 bits per heavy atom. The van der Waals surface area contributed by atoms with Crippen molar-refractivity contribution in [2.24, 2.45) is 0 Å². The number of carbonyl (C=O) groups excluding carboxylic acids is 1. The minimum absolute atomic E-state index is 0.0222. The lowest BCUT2D eigenvalue weighted by Gasteiger charge is -2.30. The highest BCUT2D eigenvalue weighted by Crippen LogP contribution is 2.20. The first kappa shape index (κ1) is 20.1. The second-order valence-corrected chi connectivity index (χ2v) is 7.48. The SMILES string of the molecule is Nc1nnc(-c2cccc(C(=O)NCCC(O)CN3CCc4ccccc4C3)c2)o1. The molecule has 1 aliphatic heterocycles. The van der Waals surface area contributed by atoms with E-state index in [1.54, 1.807) is 24.3 Å². The van der Waals surface area contributed by atoms with Crippen LogP contribution in [0.25, 0.3) is 11.5 Å². The third-order valence-corrected chi connectivity index (χ3v) is 5.25. The summed E-state index contributed by atoms with van der Waals surface area (Å²) in [5.74, 6) is 0.0455. The van der Waals surface area contributed by atoms with E-state index >= 15 is 0 Å². The van der Waals surface area contributed by atoms with Crippen molar-refractivity contribution >= 4 is 11.9 Å². The van der Waals surface area contributed by atoms with Gasteiger partial charge in [0.25, 0.3) is 5.91 Å². The highest BCUT2D eigenvalue weighted by atomic mass is 16.4. The van der Waals surface area contributed by atoms with E-state index in [9.17, 15) is 9.90 Å². The molecule has 0 fully saturated rings. The van der Waals surface area contributed by atoms with Crippen molar-refractivity contribution in [1.29, 1.82) is 0 Å². The minimum Gasteiger partial charge on any atom is -0.404 e. The summed E-state index contributed by atoms with van der Waals surface area (Å²) >= 11 is 0. The zero-order valence-electron chi connectivity index (χ0n) is 16.6. The van der Waals surface area contributed by atoms with E-state index in [0.29, 0.717) is 30.6 Å². The van der Waals surface area contributed by atoms with Gasteiger partial charge in [0, 0.05) is 37.3 Å². The fraction of sp³-hybridized carbons (Fsp3) is 0.318. The van der Waals surface area contributed by atoms with E-state index in [1.807, 2.05) is 0 Å². The van der Waals surface area contributed by atoms with Crippen LogP contribution in [0.1, 0.15) is 27.9 Å². The number of benzene rings is 2. The molecule has 8 nitrogen and oxygen atoms in total. The molecule has 4 rings (SSSR count). The summed E-state index contributed by atoms with van der Waals surface area (Å²) < 4.78 is 5.20. The number of rotatable bonds is 7. The normalized spacial score (nSPS) is 14.8. The standard InChI is InChI=1S/C22H25N5O3/c23-22-26-25-21(30-22)17-7-3-6-16(12-17)20(29)24-10-8-19(28)14-27-11-9-15-4-1-2-5-18(15)13-27/h1-7,12,19,28H,8-11,13-14H2,(H2,23,26)(H,24,29). The number of nitrogen functional groups attached to an aromatic ring is 1. The quantitative estimate of drug-likeness (QED) is 0.547. The predicted octanol–water partition coefficient (Wildman–Crippen LogP) is 1.86. The first-order valence-electron chi connectivity index (χ1n) is 10.0. The Balaban J connectivity index is 1.25. The molecule has 3 aromatic rings. The van der Waals surface area contributed by atoms with Crippen molar-refractivity contribution in [2.75, 3.05) is 25.4 Å². The van der Waals surface area contributed by atoms with Gasteiger partial charge in [0.2, 0.25) is 5.89 Å². The van der Waals surface area contributed by atoms with Crippen LogP contribution in [0.4, 0.5) is 6.01 Å². The number of amides is 1. The molecule has 1 aliphatic rings. The summed E-state index contributed by atoms with van der Waals surface area (Å²) in [5, 5.41) is 20.7. The van der Waals surface area contributed by atoms with Crippen LogP contribution < -0.4 is 11.1 Å². The third kappa shape index (κ3) is 4.84. The Kier molecular flexibility index (Phi) is 6.06. The van der Waals surface area contributed by atoms with Gasteiger partial charge in [0.1, 0.15) is 0 Å². The molecule has 1 amide bonds. The number of aliphatic hydroxyl groups is 1. The van der Waals surface area contributed by atoms with E-state index in [1.165, 1.54) is 11.1 Å². The lowest BCUT2D eigenvalue weighted by molar-refractivity contribution is 0.0892. The Morgan fingerprint density at radius 3 is 2.83 bits per heavy atom. The molecule has 2 heterocycles. The molecule has 1 aromatic heterocycles. The number of nitrogens with two attached hydrogens (primary N) is 1. The molecular weight excluding hydrogens is 382 g/mol. The minimum atomic E-state index is -0.497. The average molecular weight is 407 g/mol. The Bertz CT molecular complexity index is 1020. The second kappa shape index (κ2) is 9.06. The largest absolute Gasteiger partial charge is 0.404 e. The van der Waals surface area contributed by atoms with Gasteiger partial charge in [-0.05, 0) is 42.2 Å². The van der Waals surface area contributed by atoms with Crippen LogP contribution in [-0.2, 0) is 13.0 Å². The van der Waals surface area contributed by atoms with Gasteiger partial charge in [-0.15, -0.1) is 5.10 Å². The molecule has 2 aromatic carbocycles. The summed E-state index contributed by atoms with van der Waals surface area (Å²) in [6.45, 7) is 2.78. The number of hydrogen-bond acceptors (Lipinski definition) is 7. The van der Waals surface area contributed by atoms with Crippen LogP contribution in [0, 0.1) is 0 Å². The number of fused-ring (bicyclic) bond motifs is 1. The summed E-state index contributed by atoms with van der Waals surface area (Å²) in [7, 11) is 0. The highest BCUT2D eigenvalue weighted by molar-refractivity contribution is 5.95. The predicted molar refractivity (Wildman–Crippen MR) is 113 cm³/mol. The second-order valence-electron chi connectivity index (χ2n) is 7.48. The van der Waals surface area contributed by atoms with Gasteiger partial charge in [-0.25, -0.2) is 0 Å². The van der Waals surface area contributed by atoms with Crippen LogP contribution in [0.15, 0.2) is 52.9 Å². The van der Waals surface area contributed by atoms with Gasteiger partial charge in [-0.2, -0.15) is 0 Å². The average Bonchev–Trinajstić information content (AvgIpc) is 3.20. The molecule has 0 aliphatic carbocycles. The van der Waals surface area contributed by atoms with E-state index in [2.05, 4.69) is 44.7 Å². The Morgan fingerprint density at radius 1 is 1.20 bits per heavy atom. The van der Waals surface area contributed by atoms with Crippen molar-refractivity contribution < 1.29 is 14.3 Å². The lowest BCUT2D eigenvalue weighted by atomic mass is 9.99. The van der Waals surface area contributed by atoms with Crippen molar-refractivity contribution in [1.82, 2.24) is 20.4 Å². The topological polar surface area (TPSA) is 118 Å². The van der Waals surface area contributed by atoms with Crippen molar-refractivity contribution in [3.05, 3.63) is 65.2 Å². The summed E-state index contributed by atoms with van der Waals surface area (Å²) in [6, 6.07) is 15.3. The van der Waals surface area contributed by atoms with Gasteiger partial charge < -0.3 is 20.6 Å². The van der Waals surface area contributed by atoms with Gasteiger partial charge in [0.15, 0.2) is 0 Å². The van der Waals surface area contributed by atoms with Crippen LogP contribution in [0.5, 0.6) is 0 Å². The maximum atomic E-state index is 12.4. The van der Waals surface area contributed by atoms with Crippen LogP contribution in [0.2, 0.25) is 0 Å². The number of nitrogens with one attached hydrogen (secondary N) is 1.